The number of aromatic hydroxyl groups is 1. The highest BCUT2D eigenvalue weighted by atomic mass is 16.7. The van der Waals surface area contributed by atoms with Crippen molar-refractivity contribution in [1.82, 2.24) is 9.96 Å². The van der Waals surface area contributed by atoms with Gasteiger partial charge >= 0.3 is 0 Å². The minimum atomic E-state index is -0.831. The van der Waals surface area contributed by atoms with E-state index in [2.05, 4.69) is 0 Å². The first-order valence-corrected chi connectivity index (χ1v) is 11.3. The summed E-state index contributed by atoms with van der Waals surface area (Å²) in [6.07, 6.45) is 4.11. The molecule has 7 heteroatoms. The number of hydroxylamine groups is 2. The van der Waals surface area contributed by atoms with Crippen molar-refractivity contribution < 1.29 is 24.3 Å². The maximum Gasteiger partial charge on any atom is 0.261 e. The van der Waals surface area contributed by atoms with E-state index in [1.165, 1.54) is 12.0 Å². The molecule has 5 rings (SSSR count). The Bertz CT molecular complexity index is 1000. The van der Waals surface area contributed by atoms with Gasteiger partial charge in [0.05, 0.1) is 19.1 Å². The molecule has 2 heterocycles. The Morgan fingerprint density at radius 1 is 1.03 bits per heavy atom. The zero-order valence-corrected chi connectivity index (χ0v) is 18.1. The number of ether oxygens (including phenoxy) is 1. The van der Waals surface area contributed by atoms with Crippen molar-refractivity contribution in [2.75, 3.05) is 7.11 Å². The van der Waals surface area contributed by atoms with Gasteiger partial charge in [-0.2, -0.15) is 5.06 Å². The van der Waals surface area contributed by atoms with Crippen LogP contribution in [-0.4, -0.2) is 46.1 Å². The molecule has 1 aliphatic carbocycles. The molecule has 3 unspecified atom stereocenters. The molecule has 0 radical (unpaired) electrons. The van der Waals surface area contributed by atoms with Crippen molar-refractivity contribution in [2.24, 2.45) is 5.92 Å². The smallest absolute Gasteiger partial charge is 0.261 e. The molecule has 32 heavy (non-hydrogen) atoms. The average molecular weight is 437 g/mol. The molecule has 2 aromatic rings. The SMILES string of the molecule is COc1ccc(C2C3C(=O)N(C4CCCCC4)C(=O)C3ON2Cc2ccccc2)cc1O. The first kappa shape index (κ1) is 21.0. The fourth-order valence-corrected chi connectivity index (χ4v) is 5.35. The highest BCUT2D eigenvalue weighted by Crippen LogP contribution is 2.47. The number of benzene rings is 2. The summed E-state index contributed by atoms with van der Waals surface area (Å²) in [6, 6.07) is 14.4. The number of amides is 2. The van der Waals surface area contributed by atoms with Crippen LogP contribution in [0.4, 0.5) is 0 Å². The van der Waals surface area contributed by atoms with Crippen LogP contribution >= 0.6 is 0 Å². The first-order valence-electron chi connectivity index (χ1n) is 11.3. The lowest BCUT2D eigenvalue weighted by Crippen LogP contribution is -2.44. The van der Waals surface area contributed by atoms with Gasteiger partial charge in [-0.05, 0) is 36.1 Å². The summed E-state index contributed by atoms with van der Waals surface area (Å²) in [5.41, 5.74) is 1.73. The van der Waals surface area contributed by atoms with E-state index in [0.717, 1.165) is 43.2 Å². The molecule has 3 atom stereocenters. The van der Waals surface area contributed by atoms with Crippen LogP contribution in [0, 0.1) is 5.92 Å². The number of phenols is 1. The molecule has 7 nitrogen and oxygen atoms in total. The number of phenolic OH excluding ortho intramolecular Hbond substituents is 1. The first-order chi connectivity index (χ1) is 15.6. The number of imide groups is 1. The zero-order chi connectivity index (χ0) is 22.2. The number of likely N-dealkylation sites (tertiary alicyclic amines) is 1. The molecule has 3 fully saturated rings. The van der Waals surface area contributed by atoms with Gasteiger partial charge in [-0.25, -0.2) is 0 Å². The van der Waals surface area contributed by atoms with Crippen LogP contribution in [0.25, 0.3) is 0 Å². The van der Waals surface area contributed by atoms with Crippen LogP contribution in [0.5, 0.6) is 11.5 Å². The Labute approximate surface area is 187 Å². The number of rotatable bonds is 5. The minimum absolute atomic E-state index is 0.00554. The van der Waals surface area contributed by atoms with Gasteiger partial charge in [-0.15, -0.1) is 0 Å². The van der Waals surface area contributed by atoms with Gasteiger partial charge in [0.25, 0.3) is 5.91 Å². The van der Waals surface area contributed by atoms with Crippen molar-refractivity contribution in [3.8, 4) is 11.5 Å². The van der Waals surface area contributed by atoms with E-state index in [1.54, 1.807) is 17.2 Å². The number of hydrogen-bond donors (Lipinski definition) is 1. The molecule has 1 N–H and O–H groups in total. The Morgan fingerprint density at radius 2 is 1.78 bits per heavy atom. The van der Waals surface area contributed by atoms with Crippen molar-refractivity contribution in [1.29, 1.82) is 0 Å². The molecule has 2 saturated heterocycles. The van der Waals surface area contributed by atoms with Gasteiger partial charge in [-0.1, -0.05) is 55.7 Å². The standard InChI is InChI=1S/C25H28N2O5/c1-31-20-13-12-17(14-19(20)28)22-21-23(32-26(22)15-16-8-4-2-5-9-16)25(30)27(24(21)29)18-10-6-3-7-11-18/h2,4-5,8-9,12-14,18,21-23,28H,3,6-7,10-11,15H2,1H3. The second kappa shape index (κ2) is 8.56. The summed E-state index contributed by atoms with van der Waals surface area (Å²) in [5, 5.41) is 12.1. The molecular weight excluding hydrogens is 408 g/mol. The monoisotopic (exact) mass is 436 g/mol. The Hall–Kier alpha value is -2.90. The predicted octanol–water partition coefficient (Wildman–Crippen LogP) is 3.58. The Morgan fingerprint density at radius 3 is 2.47 bits per heavy atom. The quantitative estimate of drug-likeness (QED) is 0.722. The van der Waals surface area contributed by atoms with Crippen LogP contribution in [-0.2, 0) is 21.0 Å². The summed E-state index contributed by atoms with van der Waals surface area (Å²) in [5.74, 6) is -0.681. The molecule has 1 saturated carbocycles. The van der Waals surface area contributed by atoms with Gasteiger partial charge < -0.3 is 9.84 Å². The number of methoxy groups -OCH3 is 1. The molecule has 2 aromatic carbocycles. The van der Waals surface area contributed by atoms with Crippen LogP contribution in [0.3, 0.4) is 0 Å². The largest absolute Gasteiger partial charge is 0.504 e. The fraction of sp³-hybridized carbons (Fsp3) is 0.440. The van der Waals surface area contributed by atoms with E-state index in [-0.39, 0.29) is 23.6 Å². The molecule has 2 aliphatic heterocycles. The third-order valence-electron chi connectivity index (χ3n) is 6.89. The minimum Gasteiger partial charge on any atom is -0.504 e. The molecule has 0 spiro atoms. The van der Waals surface area contributed by atoms with Gasteiger partial charge in [0.1, 0.15) is 0 Å². The summed E-state index contributed by atoms with van der Waals surface area (Å²) < 4.78 is 5.18. The summed E-state index contributed by atoms with van der Waals surface area (Å²) in [7, 11) is 1.49. The van der Waals surface area contributed by atoms with Crippen LogP contribution in [0.2, 0.25) is 0 Å². The van der Waals surface area contributed by atoms with Crippen LogP contribution in [0.1, 0.15) is 49.3 Å². The van der Waals surface area contributed by atoms with Crippen LogP contribution < -0.4 is 4.74 Å². The van der Waals surface area contributed by atoms with E-state index in [1.807, 2.05) is 36.4 Å². The van der Waals surface area contributed by atoms with E-state index in [9.17, 15) is 14.7 Å². The maximum absolute atomic E-state index is 13.6. The highest BCUT2D eigenvalue weighted by molar-refractivity contribution is 6.07. The summed E-state index contributed by atoms with van der Waals surface area (Å²) in [6.45, 7) is 0.426. The molecule has 168 valence electrons. The second-order valence-electron chi connectivity index (χ2n) is 8.83. The summed E-state index contributed by atoms with van der Waals surface area (Å²) >= 11 is 0. The van der Waals surface area contributed by atoms with Gasteiger partial charge in [-0.3, -0.25) is 19.3 Å². The second-order valence-corrected chi connectivity index (χ2v) is 8.83. The van der Waals surface area contributed by atoms with Gasteiger partial charge in [0.2, 0.25) is 5.91 Å². The topological polar surface area (TPSA) is 79.3 Å². The fourth-order valence-electron chi connectivity index (χ4n) is 5.35. The Balaban J connectivity index is 1.50. The van der Waals surface area contributed by atoms with E-state index in [0.29, 0.717) is 12.3 Å². The molecular formula is C25H28N2O5. The predicted molar refractivity (Wildman–Crippen MR) is 116 cm³/mol. The average Bonchev–Trinajstić information content (AvgIpc) is 3.30. The van der Waals surface area contributed by atoms with Gasteiger partial charge in [0, 0.05) is 12.6 Å². The molecule has 3 aliphatic rings. The van der Waals surface area contributed by atoms with Crippen molar-refractivity contribution in [3.05, 3.63) is 59.7 Å². The van der Waals surface area contributed by atoms with Gasteiger partial charge in [0.15, 0.2) is 17.6 Å². The zero-order valence-electron chi connectivity index (χ0n) is 18.1. The third kappa shape index (κ3) is 3.55. The van der Waals surface area contributed by atoms with Crippen molar-refractivity contribution in [3.63, 3.8) is 0 Å². The summed E-state index contributed by atoms with van der Waals surface area (Å²) in [4.78, 5) is 34.6. The van der Waals surface area contributed by atoms with E-state index in [4.69, 9.17) is 9.57 Å². The number of carbonyl (C=O) groups excluding carboxylic acids is 2. The lowest BCUT2D eigenvalue weighted by Gasteiger charge is -2.32. The van der Waals surface area contributed by atoms with Crippen molar-refractivity contribution >= 4 is 11.8 Å². The number of fused-ring (bicyclic) bond motifs is 1. The normalized spacial score (nSPS) is 26.5. The number of nitrogens with zero attached hydrogens (tertiary/aromatic N) is 2. The number of carbonyl (C=O) groups is 2. The van der Waals surface area contributed by atoms with Crippen LogP contribution in [0.15, 0.2) is 48.5 Å². The highest BCUT2D eigenvalue weighted by Gasteiger charge is 2.60. The lowest BCUT2D eigenvalue weighted by atomic mass is 9.90. The maximum atomic E-state index is 13.6. The molecule has 0 aromatic heterocycles. The molecule has 2 amide bonds. The van der Waals surface area contributed by atoms with Crippen molar-refractivity contribution in [2.45, 2.75) is 56.8 Å². The lowest BCUT2D eigenvalue weighted by molar-refractivity contribution is -0.185. The third-order valence-corrected chi connectivity index (χ3v) is 6.89. The molecule has 0 bridgehead atoms. The van der Waals surface area contributed by atoms with E-state index >= 15 is 0 Å². The Kier molecular flexibility index (Phi) is 5.61. The van der Waals surface area contributed by atoms with E-state index < -0.39 is 18.1 Å². The number of hydrogen-bond acceptors (Lipinski definition) is 6.